The summed E-state index contributed by atoms with van der Waals surface area (Å²) >= 11 is 0. The van der Waals surface area contributed by atoms with Crippen molar-refractivity contribution in [3.8, 4) is 11.5 Å². The highest BCUT2D eigenvalue weighted by Gasteiger charge is 2.22. The fraction of sp³-hybridized carbons (Fsp3) is 0.417. The smallest absolute Gasteiger partial charge is 0.314 e. The average Bonchev–Trinajstić information content (AvgIpc) is 2.30. The van der Waals surface area contributed by atoms with Crippen LogP contribution in [0.5, 0.6) is 11.5 Å². The lowest BCUT2D eigenvalue weighted by Gasteiger charge is -2.20. The van der Waals surface area contributed by atoms with Crippen molar-refractivity contribution in [2.75, 3.05) is 13.1 Å². The molecular weight excluding hydrogens is 206 g/mol. The molecule has 0 bridgehead atoms. The van der Waals surface area contributed by atoms with Gasteiger partial charge in [0, 0.05) is 6.07 Å². The SMILES string of the molecule is O=C(Oc1cccc(O)c1)C1CCNCC1. The summed E-state index contributed by atoms with van der Waals surface area (Å²) in [4.78, 5) is 11.7. The molecule has 0 aromatic heterocycles. The van der Waals surface area contributed by atoms with Crippen molar-refractivity contribution < 1.29 is 14.6 Å². The highest BCUT2D eigenvalue weighted by molar-refractivity contribution is 5.75. The molecule has 0 spiro atoms. The number of benzene rings is 1. The zero-order chi connectivity index (χ0) is 11.4. The number of piperidine rings is 1. The Morgan fingerprint density at radius 1 is 1.38 bits per heavy atom. The number of hydrogen-bond acceptors (Lipinski definition) is 4. The molecule has 0 aliphatic carbocycles. The van der Waals surface area contributed by atoms with E-state index in [2.05, 4.69) is 5.32 Å². The molecule has 1 saturated heterocycles. The second kappa shape index (κ2) is 4.99. The molecule has 4 nitrogen and oxygen atoms in total. The topological polar surface area (TPSA) is 58.6 Å². The van der Waals surface area contributed by atoms with E-state index in [4.69, 9.17) is 4.74 Å². The number of phenols is 1. The average molecular weight is 221 g/mol. The molecule has 2 rings (SSSR count). The first-order valence-electron chi connectivity index (χ1n) is 5.47. The number of nitrogens with one attached hydrogen (secondary N) is 1. The molecule has 0 atom stereocenters. The number of rotatable bonds is 2. The third kappa shape index (κ3) is 2.73. The largest absolute Gasteiger partial charge is 0.508 e. The third-order valence-electron chi connectivity index (χ3n) is 2.71. The van der Waals surface area contributed by atoms with Crippen LogP contribution in [0.15, 0.2) is 24.3 Å². The maximum Gasteiger partial charge on any atom is 0.314 e. The molecule has 16 heavy (non-hydrogen) atoms. The van der Waals surface area contributed by atoms with Gasteiger partial charge in [0.2, 0.25) is 0 Å². The summed E-state index contributed by atoms with van der Waals surface area (Å²) in [7, 11) is 0. The van der Waals surface area contributed by atoms with E-state index in [-0.39, 0.29) is 17.6 Å². The zero-order valence-electron chi connectivity index (χ0n) is 8.98. The van der Waals surface area contributed by atoms with Crippen molar-refractivity contribution >= 4 is 5.97 Å². The van der Waals surface area contributed by atoms with Crippen molar-refractivity contribution in [1.82, 2.24) is 5.32 Å². The molecule has 2 N–H and O–H groups in total. The van der Waals surface area contributed by atoms with Gasteiger partial charge in [-0.25, -0.2) is 0 Å². The number of esters is 1. The van der Waals surface area contributed by atoms with Crippen molar-refractivity contribution in [3.05, 3.63) is 24.3 Å². The lowest BCUT2D eigenvalue weighted by molar-refractivity contribution is -0.139. The molecule has 0 unspecified atom stereocenters. The minimum absolute atomic E-state index is 0.0244. The fourth-order valence-corrected chi connectivity index (χ4v) is 1.80. The summed E-state index contributed by atoms with van der Waals surface area (Å²) in [6, 6.07) is 6.31. The zero-order valence-corrected chi connectivity index (χ0v) is 8.98. The quantitative estimate of drug-likeness (QED) is 0.583. The second-order valence-corrected chi connectivity index (χ2v) is 3.94. The van der Waals surface area contributed by atoms with Crippen LogP contribution in [-0.4, -0.2) is 24.2 Å². The Morgan fingerprint density at radius 3 is 2.81 bits per heavy atom. The molecule has 0 amide bonds. The van der Waals surface area contributed by atoms with Gasteiger partial charge < -0.3 is 15.2 Å². The number of ether oxygens (including phenoxy) is 1. The highest BCUT2D eigenvalue weighted by atomic mass is 16.5. The summed E-state index contributed by atoms with van der Waals surface area (Å²) in [5.41, 5.74) is 0. The Kier molecular flexibility index (Phi) is 3.41. The van der Waals surface area contributed by atoms with Crippen LogP contribution in [0.4, 0.5) is 0 Å². The van der Waals surface area contributed by atoms with Crippen molar-refractivity contribution in [1.29, 1.82) is 0 Å². The Balaban J connectivity index is 1.96. The molecule has 86 valence electrons. The van der Waals surface area contributed by atoms with Gasteiger partial charge in [0.05, 0.1) is 5.92 Å². The van der Waals surface area contributed by atoms with Crippen molar-refractivity contribution in [3.63, 3.8) is 0 Å². The standard InChI is InChI=1S/C12H15NO3/c14-10-2-1-3-11(8-10)16-12(15)9-4-6-13-7-5-9/h1-3,8-9,13-14H,4-7H2. The van der Waals surface area contributed by atoms with Gasteiger partial charge in [-0.1, -0.05) is 6.07 Å². The van der Waals surface area contributed by atoms with Gasteiger partial charge in [-0.3, -0.25) is 4.79 Å². The minimum Gasteiger partial charge on any atom is -0.508 e. The molecule has 0 radical (unpaired) electrons. The Hall–Kier alpha value is -1.55. The van der Waals surface area contributed by atoms with Crippen LogP contribution < -0.4 is 10.1 Å². The lowest BCUT2D eigenvalue weighted by atomic mass is 9.98. The van der Waals surface area contributed by atoms with Crippen LogP contribution in [0.1, 0.15) is 12.8 Å². The van der Waals surface area contributed by atoms with Crippen LogP contribution in [0.3, 0.4) is 0 Å². The second-order valence-electron chi connectivity index (χ2n) is 3.94. The number of hydrogen-bond donors (Lipinski definition) is 2. The maximum atomic E-state index is 11.7. The maximum absolute atomic E-state index is 11.7. The molecule has 0 saturated carbocycles. The first-order valence-corrected chi connectivity index (χ1v) is 5.47. The van der Waals surface area contributed by atoms with Crippen molar-refractivity contribution in [2.24, 2.45) is 5.92 Å². The van der Waals surface area contributed by atoms with Crippen LogP contribution in [-0.2, 0) is 4.79 Å². The summed E-state index contributed by atoms with van der Waals surface area (Å²) in [5.74, 6) is 0.287. The predicted molar refractivity (Wildman–Crippen MR) is 59.3 cm³/mol. The highest BCUT2D eigenvalue weighted by Crippen LogP contribution is 2.20. The van der Waals surface area contributed by atoms with E-state index in [1.54, 1.807) is 18.2 Å². The van der Waals surface area contributed by atoms with E-state index in [0.29, 0.717) is 5.75 Å². The van der Waals surface area contributed by atoms with E-state index in [9.17, 15) is 9.90 Å². The molecule has 1 aromatic carbocycles. The van der Waals surface area contributed by atoms with E-state index in [1.165, 1.54) is 6.07 Å². The monoisotopic (exact) mass is 221 g/mol. The summed E-state index contributed by atoms with van der Waals surface area (Å²) in [6.45, 7) is 1.72. The molecule has 1 fully saturated rings. The van der Waals surface area contributed by atoms with Crippen LogP contribution in [0, 0.1) is 5.92 Å². The van der Waals surface area contributed by atoms with E-state index >= 15 is 0 Å². The fourth-order valence-electron chi connectivity index (χ4n) is 1.80. The molecule has 1 aromatic rings. The molecule has 1 heterocycles. The first kappa shape index (κ1) is 11.0. The number of aromatic hydroxyl groups is 1. The van der Waals surface area contributed by atoms with Gasteiger partial charge in [-0.15, -0.1) is 0 Å². The number of carbonyl (C=O) groups is 1. The van der Waals surface area contributed by atoms with Gasteiger partial charge in [-0.2, -0.15) is 0 Å². The molecule has 4 heteroatoms. The van der Waals surface area contributed by atoms with Gasteiger partial charge in [-0.05, 0) is 38.1 Å². The first-order chi connectivity index (χ1) is 7.75. The summed E-state index contributed by atoms with van der Waals surface area (Å²) in [5, 5.41) is 12.4. The normalized spacial score (nSPS) is 17.0. The minimum atomic E-state index is -0.202. The van der Waals surface area contributed by atoms with Crippen molar-refractivity contribution in [2.45, 2.75) is 12.8 Å². The van der Waals surface area contributed by atoms with Crippen LogP contribution >= 0.6 is 0 Å². The summed E-state index contributed by atoms with van der Waals surface area (Å²) in [6.07, 6.45) is 1.63. The van der Waals surface area contributed by atoms with Gasteiger partial charge in [0.15, 0.2) is 0 Å². The Morgan fingerprint density at radius 2 is 2.12 bits per heavy atom. The van der Waals surface area contributed by atoms with Gasteiger partial charge in [0.25, 0.3) is 0 Å². The molecular formula is C12H15NO3. The van der Waals surface area contributed by atoms with Gasteiger partial charge >= 0.3 is 5.97 Å². The Bertz CT molecular complexity index is 372. The lowest BCUT2D eigenvalue weighted by Crippen LogP contribution is -2.33. The summed E-state index contributed by atoms with van der Waals surface area (Å²) < 4.78 is 5.21. The van der Waals surface area contributed by atoms with E-state index in [0.717, 1.165) is 25.9 Å². The number of phenolic OH excluding ortho intramolecular Hbond substituents is 1. The third-order valence-corrected chi connectivity index (χ3v) is 2.71. The predicted octanol–water partition coefficient (Wildman–Crippen LogP) is 1.30. The van der Waals surface area contributed by atoms with E-state index in [1.807, 2.05) is 0 Å². The molecule has 1 aliphatic rings. The van der Waals surface area contributed by atoms with Crippen LogP contribution in [0.2, 0.25) is 0 Å². The Labute approximate surface area is 94.2 Å². The van der Waals surface area contributed by atoms with Crippen LogP contribution in [0.25, 0.3) is 0 Å². The van der Waals surface area contributed by atoms with Gasteiger partial charge in [0.1, 0.15) is 11.5 Å². The number of carbonyl (C=O) groups excluding carboxylic acids is 1. The molecule has 1 aliphatic heterocycles. The van der Waals surface area contributed by atoms with E-state index < -0.39 is 0 Å².